The highest BCUT2D eigenvalue weighted by Crippen LogP contribution is 2.09. The molecule has 0 radical (unpaired) electrons. The molecule has 0 spiro atoms. The molecule has 0 fully saturated rings. The number of carbonyl (C=O) groups excluding carboxylic acids is 1. The zero-order chi connectivity index (χ0) is 12.6. The molecule has 0 rings (SSSR count). The van der Waals surface area contributed by atoms with Gasteiger partial charge >= 0.3 is 5.97 Å². The molecule has 0 aliphatic heterocycles. The Bertz CT molecular complexity index is 228. The van der Waals surface area contributed by atoms with Gasteiger partial charge < -0.3 is 10.4 Å². The van der Waals surface area contributed by atoms with Gasteiger partial charge in [0.05, 0.1) is 5.92 Å². The monoisotopic (exact) mass is 229 g/mol. The minimum Gasteiger partial charge on any atom is -0.481 e. The molecule has 94 valence electrons. The van der Waals surface area contributed by atoms with Crippen LogP contribution < -0.4 is 5.32 Å². The molecule has 0 saturated heterocycles. The molecule has 0 aromatic heterocycles. The minimum absolute atomic E-state index is 0.0845. The molecule has 4 nitrogen and oxygen atoms in total. The Kier molecular flexibility index (Phi) is 7.60. The summed E-state index contributed by atoms with van der Waals surface area (Å²) in [5, 5.41) is 11.6. The summed E-state index contributed by atoms with van der Waals surface area (Å²) in [6.07, 6.45) is 3.77. The van der Waals surface area contributed by atoms with Gasteiger partial charge in [-0.2, -0.15) is 0 Å². The van der Waals surface area contributed by atoms with Crippen LogP contribution in [0.2, 0.25) is 0 Å². The van der Waals surface area contributed by atoms with E-state index in [-0.39, 0.29) is 17.9 Å². The summed E-state index contributed by atoms with van der Waals surface area (Å²) in [6, 6.07) is 0.139. The summed E-state index contributed by atoms with van der Waals surface area (Å²) in [4.78, 5) is 21.8. The average Bonchev–Trinajstić information content (AvgIpc) is 2.17. The standard InChI is InChI=1S/C12H23NO3/c1-4-6-11(14)13-10(3)8-5-7-9(2)12(15)16/h9-10H,4-8H2,1-3H3,(H,13,14)(H,15,16). The molecule has 2 N–H and O–H groups in total. The number of nitrogens with one attached hydrogen (secondary N) is 1. The molecule has 0 heterocycles. The molecule has 2 atom stereocenters. The lowest BCUT2D eigenvalue weighted by atomic mass is 10.0. The van der Waals surface area contributed by atoms with Gasteiger partial charge in [-0.15, -0.1) is 0 Å². The van der Waals surface area contributed by atoms with E-state index in [4.69, 9.17) is 5.11 Å². The van der Waals surface area contributed by atoms with Crippen molar-refractivity contribution in [2.45, 2.75) is 58.9 Å². The summed E-state index contributed by atoms with van der Waals surface area (Å²) in [7, 11) is 0. The highest BCUT2D eigenvalue weighted by atomic mass is 16.4. The Labute approximate surface area is 97.4 Å². The van der Waals surface area contributed by atoms with Crippen molar-refractivity contribution in [3.05, 3.63) is 0 Å². The molecular weight excluding hydrogens is 206 g/mol. The van der Waals surface area contributed by atoms with Crippen molar-refractivity contribution >= 4 is 11.9 Å². The Morgan fingerprint density at radius 1 is 1.25 bits per heavy atom. The van der Waals surface area contributed by atoms with Crippen molar-refractivity contribution in [2.75, 3.05) is 0 Å². The molecule has 0 aliphatic rings. The van der Waals surface area contributed by atoms with E-state index in [0.717, 1.165) is 19.3 Å². The molecular formula is C12H23NO3. The maximum absolute atomic E-state index is 11.3. The van der Waals surface area contributed by atoms with Crippen LogP contribution in [0.3, 0.4) is 0 Å². The second-order valence-electron chi connectivity index (χ2n) is 4.39. The third-order valence-corrected chi connectivity index (χ3v) is 2.58. The molecule has 16 heavy (non-hydrogen) atoms. The first-order valence-corrected chi connectivity index (χ1v) is 5.99. The average molecular weight is 229 g/mol. The van der Waals surface area contributed by atoms with Gasteiger partial charge in [0.2, 0.25) is 5.91 Å². The maximum Gasteiger partial charge on any atom is 0.306 e. The number of carbonyl (C=O) groups is 2. The fraction of sp³-hybridized carbons (Fsp3) is 0.833. The van der Waals surface area contributed by atoms with Crippen LogP contribution in [0.1, 0.15) is 52.9 Å². The van der Waals surface area contributed by atoms with Crippen LogP contribution in [-0.2, 0) is 9.59 Å². The van der Waals surface area contributed by atoms with E-state index in [1.54, 1.807) is 6.92 Å². The fourth-order valence-electron chi connectivity index (χ4n) is 1.50. The van der Waals surface area contributed by atoms with Crippen molar-refractivity contribution in [2.24, 2.45) is 5.92 Å². The minimum atomic E-state index is -0.748. The van der Waals surface area contributed by atoms with Crippen molar-refractivity contribution < 1.29 is 14.7 Å². The van der Waals surface area contributed by atoms with E-state index in [9.17, 15) is 9.59 Å². The van der Waals surface area contributed by atoms with Crippen LogP contribution in [0.5, 0.6) is 0 Å². The highest BCUT2D eigenvalue weighted by Gasteiger charge is 2.11. The van der Waals surface area contributed by atoms with E-state index < -0.39 is 5.97 Å². The van der Waals surface area contributed by atoms with Gasteiger partial charge in [0.25, 0.3) is 0 Å². The fourth-order valence-corrected chi connectivity index (χ4v) is 1.50. The Hall–Kier alpha value is -1.06. The van der Waals surface area contributed by atoms with E-state index in [1.165, 1.54) is 0 Å². The van der Waals surface area contributed by atoms with E-state index in [0.29, 0.717) is 12.8 Å². The van der Waals surface area contributed by atoms with Crippen LogP contribution >= 0.6 is 0 Å². The summed E-state index contributed by atoms with van der Waals surface area (Å²) in [6.45, 7) is 5.64. The van der Waals surface area contributed by atoms with Gasteiger partial charge in [0.15, 0.2) is 0 Å². The van der Waals surface area contributed by atoms with Gasteiger partial charge in [-0.25, -0.2) is 0 Å². The van der Waals surface area contributed by atoms with Crippen LogP contribution in [0.25, 0.3) is 0 Å². The number of rotatable bonds is 8. The summed E-state index contributed by atoms with van der Waals surface area (Å²) in [5.41, 5.74) is 0. The second-order valence-corrected chi connectivity index (χ2v) is 4.39. The normalized spacial score (nSPS) is 14.2. The SMILES string of the molecule is CCCC(=O)NC(C)CCCC(C)C(=O)O. The number of amides is 1. The number of carboxylic acids is 1. The van der Waals surface area contributed by atoms with Crippen molar-refractivity contribution in [3.63, 3.8) is 0 Å². The van der Waals surface area contributed by atoms with Gasteiger partial charge in [0, 0.05) is 12.5 Å². The first-order valence-electron chi connectivity index (χ1n) is 5.99. The van der Waals surface area contributed by atoms with Gasteiger partial charge in [0.1, 0.15) is 0 Å². The molecule has 0 aliphatic carbocycles. The summed E-state index contributed by atoms with van der Waals surface area (Å²) in [5.74, 6) is -0.956. The highest BCUT2D eigenvalue weighted by molar-refractivity contribution is 5.76. The number of carboxylic acid groups (broad SMARTS) is 1. The Morgan fingerprint density at radius 2 is 1.88 bits per heavy atom. The largest absolute Gasteiger partial charge is 0.481 e. The lowest BCUT2D eigenvalue weighted by Crippen LogP contribution is -2.32. The predicted molar refractivity (Wildman–Crippen MR) is 63.2 cm³/mol. The predicted octanol–water partition coefficient (Wildman–Crippen LogP) is 2.18. The quantitative estimate of drug-likeness (QED) is 0.670. The van der Waals surface area contributed by atoms with Gasteiger partial charge in [-0.1, -0.05) is 20.3 Å². The Balaban J connectivity index is 3.61. The lowest BCUT2D eigenvalue weighted by Gasteiger charge is -2.14. The first kappa shape index (κ1) is 14.9. The molecule has 0 saturated carbocycles. The lowest BCUT2D eigenvalue weighted by molar-refractivity contribution is -0.141. The number of aliphatic carboxylic acids is 1. The van der Waals surface area contributed by atoms with Crippen LogP contribution in [0.4, 0.5) is 0 Å². The smallest absolute Gasteiger partial charge is 0.306 e. The summed E-state index contributed by atoms with van der Waals surface area (Å²) >= 11 is 0. The van der Waals surface area contributed by atoms with E-state index in [2.05, 4.69) is 5.32 Å². The Morgan fingerprint density at radius 3 is 2.38 bits per heavy atom. The van der Waals surface area contributed by atoms with Crippen LogP contribution in [-0.4, -0.2) is 23.0 Å². The summed E-state index contributed by atoms with van der Waals surface area (Å²) < 4.78 is 0. The number of hydrogen-bond acceptors (Lipinski definition) is 2. The molecule has 0 bridgehead atoms. The molecule has 1 amide bonds. The topological polar surface area (TPSA) is 66.4 Å². The van der Waals surface area contributed by atoms with E-state index >= 15 is 0 Å². The molecule has 0 aromatic rings. The zero-order valence-electron chi connectivity index (χ0n) is 10.5. The third-order valence-electron chi connectivity index (χ3n) is 2.58. The van der Waals surface area contributed by atoms with Crippen molar-refractivity contribution in [3.8, 4) is 0 Å². The molecule has 4 heteroatoms. The van der Waals surface area contributed by atoms with Gasteiger partial charge in [-0.05, 0) is 26.2 Å². The zero-order valence-corrected chi connectivity index (χ0v) is 10.5. The van der Waals surface area contributed by atoms with Crippen LogP contribution in [0.15, 0.2) is 0 Å². The van der Waals surface area contributed by atoms with Crippen LogP contribution in [0, 0.1) is 5.92 Å². The van der Waals surface area contributed by atoms with E-state index in [1.807, 2.05) is 13.8 Å². The second kappa shape index (κ2) is 8.13. The van der Waals surface area contributed by atoms with Gasteiger partial charge in [-0.3, -0.25) is 9.59 Å². The molecule has 0 aromatic carbocycles. The maximum atomic E-state index is 11.3. The first-order chi connectivity index (χ1) is 7.47. The number of hydrogen-bond donors (Lipinski definition) is 2. The van der Waals surface area contributed by atoms with Crippen molar-refractivity contribution in [1.82, 2.24) is 5.32 Å². The van der Waals surface area contributed by atoms with Crippen molar-refractivity contribution in [1.29, 1.82) is 0 Å². The molecule has 2 unspecified atom stereocenters. The third kappa shape index (κ3) is 7.26.